The van der Waals surface area contributed by atoms with Crippen molar-refractivity contribution in [1.29, 1.82) is 0 Å². The van der Waals surface area contributed by atoms with Gasteiger partial charge in [0, 0.05) is 6.54 Å². The SMILES string of the molecule is CSCC(C)CNS(=O)(=O)c1ccc(C(C)O)cc1. The van der Waals surface area contributed by atoms with E-state index in [1.54, 1.807) is 30.8 Å². The number of rotatable bonds is 7. The highest BCUT2D eigenvalue weighted by Crippen LogP contribution is 2.16. The molecule has 0 saturated heterocycles. The van der Waals surface area contributed by atoms with Crippen LogP contribution in [-0.4, -0.2) is 32.1 Å². The van der Waals surface area contributed by atoms with Crippen molar-refractivity contribution in [3.05, 3.63) is 29.8 Å². The fourth-order valence-corrected chi connectivity index (χ4v) is 3.46. The summed E-state index contributed by atoms with van der Waals surface area (Å²) in [7, 11) is -3.46. The first-order chi connectivity index (χ1) is 8.86. The van der Waals surface area contributed by atoms with Gasteiger partial charge in [-0.3, -0.25) is 0 Å². The van der Waals surface area contributed by atoms with Gasteiger partial charge in [-0.25, -0.2) is 13.1 Å². The highest BCUT2D eigenvalue weighted by Gasteiger charge is 2.15. The standard InChI is InChI=1S/C13H21NO3S2/c1-10(9-18-3)8-14-19(16,17)13-6-4-12(5-7-13)11(2)15/h4-7,10-11,14-15H,8-9H2,1-3H3. The second-order valence-electron chi connectivity index (χ2n) is 4.66. The largest absolute Gasteiger partial charge is 0.389 e. The van der Waals surface area contributed by atoms with Gasteiger partial charge in [0.2, 0.25) is 10.0 Å². The number of hydrogen-bond acceptors (Lipinski definition) is 4. The van der Waals surface area contributed by atoms with Gasteiger partial charge >= 0.3 is 0 Å². The fourth-order valence-electron chi connectivity index (χ4n) is 1.60. The fraction of sp³-hybridized carbons (Fsp3) is 0.538. The van der Waals surface area contributed by atoms with Gasteiger partial charge in [0.15, 0.2) is 0 Å². The molecule has 0 aliphatic rings. The van der Waals surface area contributed by atoms with Crippen LogP contribution in [0, 0.1) is 5.92 Å². The Morgan fingerprint density at radius 2 is 1.84 bits per heavy atom. The Morgan fingerprint density at radius 3 is 2.32 bits per heavy atom. The molecule has 0 amide bonds. The topological polar surface area (TPSA) is 66.4 Å². The summed E-state index contributed by atoms with van der Waals surface area (Å²) in [5.41, 5.74) is 0.703. The molecule has 6 heteroatoms. The van der Waals surface area contributed by atoms with Crippen LogP contribution in [0.3, 0.4) is 0 Å². The second kappa shape index (κ2) is 7.28. The molecular formula is C13H21NO3S2. The van der Waals surface area contributed by atoms with Gasteiger partial charge in [-0.2, -0.15) is 11.8 Å². The summed E-state index contributed by atoms with van der Waals surface area (Å²) in [5.74, 6) is 1.21. The molecule has 0 spiro atoms. The lowest BCUT2D eigenvalue weighted by molar-refractivity contribution is 0.199. The molecule has 0 fully saturated rings. The molecule has 2 N–H and O–H groups in total. The molecule has 1 aromatic carbocycles. The predicted octanol–water partition coefficient (Wildman–Crippen LogP) is 2.02. The minimum atomic E-state index is -3.46. The Balaban J connectivity index is 2.72. The molecule has 2 unspecified atom stereocenters. The normalized spacial score (nSPS) is 15.2. The van der Waals surface area contributed by atoms with Crippen molar-refractivity contribution in [2.75, 3.05) is 18.6 Å². The summed E-state index contributed by atoms with van der Waals surface area (Å²) in [6.07, 6.45) is 1.41. The zero-order valence-electron chi connectivity index (χ0n) is 11.5. The van der Waals surface area contributed by atoms with Crippen LogP contribution in [0.25, 0.3) is 0 Å². The van der Waals surface area contributed by atoms with Crippen molar-refractivity contribution < 1.29 is 13.5 Å². The van der Waals surface area contributed by atoms with E-state index in [4.69, 9.17) is 0 Å². The molecule has 0 radical (unpaired) electrons. The van der Waals surface area contributed by atoms with Crippen LogP contribution in [0.1, 0.15) is 25.5 Å². The van der Waals surface area contributed by atoms with Gasteiger partial charge in [-0.05, 0) is 42.5 Å². The van der Waals surface area contributed by atoms with E-state index in [0.717, 1.165) is 5.75 Å². The summed E-state index contributed by atoms with van der Waals surface area (Å²) in [6.45, 7) is 4.09. The lowest BCUT2D eigenvalue weighted by Gasteiger charge is -2.12. The number of thioether (sulfide) groups is 1. The maximum Gasteiger partial charge on any atom is 0.240 e. The van der Waals surface area contributed by atoms with Gasteiger partial charge in [-0.1, -0.05) is 19.1 Å². The Labute approximate surface area is 119 Å². The highest BCUT2D eigenvalue weighted by molar-refractivity contribution is 7.98. The molecule has 1 rings (SSSR count). The molecular weight excluding hydrogens is 282 g/mol. The summed E-state index contributed by atoms with van der Waals surface area (Å²) < 4.78 is 26.7. The van der Waals surface area contributed by atoms with Crippen molar-refractivity contribution >= 4 is 21.8 Å². The first kappa shape index (κ1) is 16.5. The van der Waals surface area contributed by atoms with E-state index in [9.17, 15) is 13.5 Å². The van der Waals surface area contributed by atoms with E-state index in [1.807, 2.05) is 13.2 Å². The van der Waals surface area contributed by atoms with Gasteiger partial charge in [0.1, 0.15) is 0 Å². The van der Waals surface area contributed by atoms with E-state index >= 15 is 0 Å². The minimum absolute atomic E-state index is 0.230. The molecule has 108 valence electrons. The highest BCUT2D eigenvalue weighted by atomic mass is 32.2. The van der Waals surface area contributed by atoms with E-state index in [1.165, 1.54) is 12.1 Å². The quantitative estimate of drug-likeness (QED) is 0.809. The van der Waals surface area contributed by atoms with Crippen LogP contribution < -0.4 is 4.72 Å². The molecule has 0 aliphatic carbocycles. The van der Waals surface area contributed by atoms with Crippen LogP contribution in [0.2, 0.25) is 0 Å². The summed E-state index contributed by atoms with van der Waals surface area (Å²) in [5, 5.41) is 9.39. The molecule has 0 aromatic heterocycles. The summed E-state index contributed by atoms with van der Waals surface area (Å²) in [4.78, 5) is 0.230. The third kappa shape index (κ3) is 5.14. The summed E-state index contributed by atoms with van der Waals surface area (Å²) in [6, 6.07) is 6.29. The van der Waals surface area contributed by atoms with Crippen LogP contribution in [0.15, 0.2) is 29.2 Å². The number of aliphatic hydroxyl groups excluding tert-OH is 1. The van der Waals surface area contributed by atoms with E-state index in [-0.39, 0.29) is 4.90 Å². The zero-order valence-corrected chi connectivity index (χ0v) is 13.1. The maximum atomic E-state index is 12.0. The number of sulfonamides is 1. The molecule has 2 atom stereocenters. The molecule has 0 bridgehead atoms. The maximum absolute atomic E-state index is 12.0. The van der Waals surface area contributed by atoms with Crippen LogP contribution in [0.4, 0.5) is 0 Å². The molecule has 0 saturated carbocycles. The van der Waals surface area contributed by atoms with Crippen molar-refractivity contribution in [2.24, 2.45) is 5.92 Å². The third-order valence-corrected chi connectivity index (χ3v) is 5.09. The third-order valence-electron chi connectivity index (χ3n) is 2.75. The van der Waals surface area contributed by atoms with Gasteiger partial charge < -0.3 is 5.11 Å². The van der Waals surface area contributed by atoms with Crippen molar-refractivity contribution in [3.63, 3.8) is 0 Å². The monoisotopic (exact) mass is 303 g/mol. The molecule has 0 aliphatic heterocycles. The molecule has 1 aromatic rings. The molecule has 4 nitrogen and oxygen atoms in total. The zero-order chi connectivity index (χ0) is 14.5. The van der Waals surface area contributed by atoms with Crippen LogP contribution in [0.5, 0.6) is 0 Å². The smallest absolute Gasteiger partial charge is 0.240 e. The average molecular weight is 303 g/mol. The second-order valence-corrected chi connectivity index (χ2v) is 7.34. The van der Waals surface area contributed by atoms with Gasteiger partial charge in [0.25, 0.3) is 0 Å². The first-order valence-electron chi connectivity index (χ1n) is 6.13. The van der Waals surface area contributed by atoms with Gasteiger partial charge in [-0.15, -0.1) is 0 Å². The molecule has 19 heavy (non-hydrogen) atoms. The Morgan fingerprint density at radius 1 is 1.26 bits per heavy atom. The number of benzene rings is 1. The van der Waals surface area contributed by atoms with Crippen LogP contribution in [-0.2, 0) is 10.0 Å². The van der Waals surface area contributed by atoms with E-state index in [0.29, 0.717) is 18.0 Å². The average Bonchev–Trinajstić information content (AvgIpc) is 2.37. The Bertz CT molecular complexity index is 483. The van der Waals surface area contributed by atoms with Crippen molar-refractivity contribution in [2.45, 2.75) is 24.8 Å². The number of aliphatic hydroxyl groups is 1. The Kier molecular flexibility index (Phi) is 6.32. The van der Waals surface area contributed by atoms with Gasteiger partial charge in [0.05, 0.1) is 11.0 Å². The number of nitrogens with one attached hydrogen (secondary N) is 1. The van der Waals surface area contributed by atoms with Crippen molar-refractivity contribution in [3.8, 4) is 0 Å². The number of hydrogen-bond donors (Lipinski definition) is 2. The predicted molar refractivity (Wildman–Crippen MR) is 79.8 cm³/mol. The first-order valence-corrected chi connectivity index (χ1v) is 9.01. The van der Waals surface area contributed by atoms with E-state index < -0.39 is 16.1 Å². The van der Waals surface area contributed by atoms with E-state index in [2.05, 4.69) is 4.72 Å². The Hall–Kier alpha value is -0.560. The molecule has 0 heterocycles. The lowest BCUT2D eigenvalue weighted by atomic mass is 10.1. The van der Waals surface area contributed by atoms with Crippen LogP contribution >= 0.6 is 11.8 Å². The van der Waals surface area contributed by atoms with Crippen molar-refractivity contribution in [1.82, 2.24) is 4.72 Å². The summed E-state index contributed by atoms with van der Waals surface area (Å²) >= 11 is 1.70. The lowest BCUT2D eigenvalue weighted by Crippen LogP contribution is -2.29. The minimum Gasteiger partial charge on any atom is -0.389 e.